The number of rotatable bonds is 8. The molecule has 0 fully saturated rings. The summed E-state index contributed by atoms with van der Waals surface area (Å²) in [7, 11) is 0. The van der Waals surface area contributed by atoms with Crippen LogP contribution in [0.5, 0.6) is 0 Å². The van der Waals surface area contributed by atoms with Crippen molar-refractivity contribution in [2.45, 2.75) is 32.9 Å². The van der Waals surface area contributed by atoms with Crippen molar-refractivity contribution in [3.8, 4) is 0 Å². The van der Waals surface area contributed by atoms with Crippen LogP contribution in [0.25, 0.3) is 0 Å². The molecule has 2 aromatic rings. The van der Waals surface area contributed by atoms with Crippen molar-refractivity contribution in [3.63, 3.8) is 0 Å². The molecule has 1 unspecified atom stereocenters. The molecular weight excluding hydrogens is 306 g/mol. The summed E-state index contributed by atoms with van der Waals surface area (Å²) in [6.45, 7) is 4.54. The summed E-state index contributed by atoms with van der Waals surface area (Å²) >= 11 is 0. The Morgan fingerprint density at radius 1 is 1.17 bits per heavy atom. The van der Waals surface area contributed by atoms with Crippen molar-refractivity contribution in [2.75, 3.05) is 11.9 Å². The molecule has 0 saturated carbocycles. The van der Waals surface area contributed by atoms with Crippen LogP contribution in [0.15, 0.2) is 47.1 Å². The molecule has 6 heteroatoms. The van der Waals surface area contributed by atoms with E-state index < -0.39 is 0 Å². The quantitative estimate of drug-likeness (QED) is 0.695. The molecule has 128 valence electrons. The number of furan rings is 1. The Morgan fingerprint density at radius 2 is 1.92 bits per heavy atom. The lowest BCUT2D eigenvalue weighted by molar-refractivity contribution is -0.120. The van der Waals surface area contributed by atoms with Gasteiger partial charge in [-0.25, -0.2) is 0 Å². The second-order valence-corrected chi connectivity index (χ2v) is 5.57. The minimum Gasteiger partial charge on any atom is -0.467 e. The number of hydrogen-bond acceptors (Lipinski definition) is 4. The first-order valence-corrected chi connectivity index (χ1v) is 8.02. The molecule has 0 aliphatic rings. The summed E-state index contributed by atoms with van der Waals surface area (Å²) in [5, 5.41) is 8.70. The van der Waals surface area contributed by atoms with Crippen molar-refractivity contribution >= 4 is 17.5 Å². The van der Waals surface area contributed by atoms with Gasteiger partial charge in [0.1, 0.15) is 5.76 Å². The van der Waals surface area contributed by atoms with E-state index in [1.165, 1.54) is 0 Å². The van der Waals surface area contributed by atoms with Crippen LogP contribution in [0.2, 0.25) is 0 Å². The molecule has 1 atom stereocenters. The zero-order valence-corrected chi connectivity index (χ0v) is 14.0. The third kappa shape index (κ3) is 5.46. The van der Waals surface area contributed by atoms with Crippen LogP contribution < -0.4 is 16.0 Å². The van der Waals surface area contributed by atoms with Gasteiger partial charge in [0.25, 0.3) is 5.91 Å². The van der Waals surface area contributed by atoms with Crippen LogP contribution in [0.1, 0.15) is 36.4 Å². The summed E-state index contributed by atoms with van der Waals surface area (Å²) in [5.74, 6) is 0.478. The van der Waals surface area contributed by atoms with Gasteiger partial charge in [0, 0.05) is 17.3 Å². The predicted molar refractivity (Wildman–Crippen MR) is 92.7 cm³/mol. The third-order valence-electron chi connectivity index (χ3n) is 3.62. The zero-order valence-electron chi connectivity index (χ0n) is 14.0. The van der Waals surface area contributed by atoms with Crippen LogP contribution >= 0.6 is 0 Å². The number of anilines is 1. The highest BCUT2D eigenvalue weighted by molar-refractivity contribution is 5.94. The number of amides is 2. The molecular formula is C18H23N3O3. The maximum absolute atomic E-state index is 12.0. The summed E-state index contributed by atoms with van der Waals surface area (Å²) in [4.78, 5) is 23.7. The van der Waals surface area contributed by atoms with Crippen molar-refractivity contribution in [1.82, 2.24) is 10.6 Å². The van der Waals surface area contributed by atoms with E-state index in [9.17, 15) is 9.59 Å². The lowest BCUT2D eigenvalue weighted by atomic mass is 10.2. The first kappa shape index (κ1) is 17.6. The topological polar surface area (TPSA) is 83.4 Å². The minimum atomic E-state index is -0.174. The van der Waals surface area contributed by atoms with Gasteiger partial charge in [-0.3, -0.25) is 9.59 Å². The van der Waals surface area contributed by atoms with E-state index in [1.54, 1.807) is 42.7 Å². The monoisotopic (exact) mass is 329 g/mol. The minimum absolute atomic E-state index is 0.0513. The van der Waals surface area contributed by atoms with Gasteiger partial charge in [-0.15, -0.1) is 0 Å². The fourth-order valence-electron chi connectivity index (χ4n) is 2.03. The van der Waals surface area contributed by atoms with Gasteiger partial charge in [-0.2, -0.15) is 0 Å². The van der Waals surface area contributed by atoms with Gasteiger partial charge in [-0.1, -0.05) is 6.92 Å². The first-order chi connectivity index (χ1) is 11.6. The molecule has 24 heavy (non-hydrogen) atoms. The molecule has 0 spiro atoms. The number of carbonyl (C=O) groups excluding carboxylic acids is 2. The Bertz CT molecular complexity index is 651. The van der Waals surface area contributed by atoms with Gasteiger partial charge in [0.05, 0.1) is 19.4 Å². The lowest BCUT2D eigenvalue weighted by Gasteiger charge is -2.12. The van der Waals surface area contributed by atoms with Gasteiger partial charge in [0.15, 0.2) is 0 Å². The highest BCUT2D eigenvalue weighted by Crippen LogP contribution is 2.09. The number of nitrogens with one attached hydrogen (secondary N) is 3. The van der Waals surface area contributed by atoms with E-state index in [1.807, 2.05) is 13.8 Å². The lowest BCUT2D eigenvalue weighted by Crippen LogP contribution is -2.36. The molecule has 1 aromatic carbocycles. The standard InChI is InChI=1S/C18H23N3O3/c1-3-13(2)21-17(22)12-19-15-8-6-14(7-9-15)18(23)20-11-16-5-4-10-24-16/h4-10,13,19H,3,11-12H2,1-2H3,(H,20,23)(H,21,22). The average Bonchev–Trinajstić information content (AvgIpc) is 3.11. The smallest absolute Gasteiger partial charge is 0.251 e. The Kier molecular flexibility index (Phi) is 6.42. The maximum Gasteiger partial charge on any atom is 0.251 e. The largest absolute Gasteiger partial charge is 0.467 e. The SMILES string of the molecule is CCC(C)NC(=O)CNc1ccc(C(=O)NCc2ccco2)cc1. The predicted octanol–water partition coefficient (Wildman–Crippen LogP) is 2.54. The van der Waals surface area contributed by atoms with E-state index in [0.29, 0.717) is 17.9 Å². The maximum atomic E-state index is 12.0. The van der Waals surface area contributed by atoms with Gasteiger partial charge in [-0.05, 0) is 49.7 Å². The van der Waals surface area contributed by atoms with Crippen molar-refractivity contribution < 1.29 is 14.0 Å². The van der Waals surface area contributed by atoms with Crippen LogP contribution in [0.3, 0.4) is 0 Å². The summed E-state index contributed by atoms with van der Waals surface area (Å²) in [6, 6.07) is 10.7. The van der Waals surface area contributed by atoms with Gasteiger partial charge >= 0.3 is 0 Å². The van der Waals surface area contributed by atoms with E-state index in [2.05, 4.69) is 16.0 Å². The Morgan fingerprint density at radius 3 is 2.54 bits per heavy atom. The molecule has 1 heterocycles. The third-order valence-corrected chi connectivity index (χ3v) is 3.62. The van der Waals surface area contributed by atoms with Gasteiger partial charge in [0.2, 0.25) is 5.91 Å². The van der Waals surface area contributed by atoms with E-state index in [0.717, 1.165) is 12.1 Å². The molecule has 0 radical (unpaired) electrons. The van der Waals surface area contributed by atoms with E-state index in [4.69, 9.17) is 4.42 Å². The molecule has 2 rings (SSSR count). The fraction of sp³-hybridized carbons (Fsp3) is 0.333. The van der Waals surface area contributed by atoms with Gasteiger partial charge < -0.3 is 20.4 Å². The Hall–Kier alpha value is -2.76. The molecule has 1 aromatic heterocycles. The first-order valence-electron chi connectivity index (χ1n) is 8.02. The number of benzene rings is 1. The molecule has 0 aliphatic heterocycles. The molecule has 3 N–H and O–H groups in total. The Balaban J connectivity index is 1.79. The van der Waals surface area contributed by atoms with Crippen molar-refractivity contribution in [3.05, 3.63) is 54.0 Å². The molecule has 6 nitrogen and oxygen atoms in total. The van der Waals surface area contributed by atoms with E-state index >= 15 is 0 Å². The Labute approximate surface area is 141 Å². The second kappa shape index (κ2) is 8.76. The number of hydrogen-bond donors (Lipinski definition) is 3. The highest BCUT2D eigenvalue weighted by atomic mass is 16.3. The fourth-order valence-corrected chi connectivity index (χ4v) is 2.03. The van der Waals surface area contributed by atoms with Crippen LogP contribution in [-0.4, -0.2) is 24.4 Å². The van der Waals surface area contributed by atoms with Crippen molar-refractivity contribution in [2.24, 2.45) is 0 Å². The highest BCUT2D eigenvalue weighted by Gasteiger charge is 2.07. The van der Waals surface area contributed by atoms with E-state index in [-0.39, 0.29) is 24.4 Å². The second-order valence-electron chi connectivity index (χ2n) is 5.57. The molecule has 2 amide bonds. The number of carbonyl (C=O) groups is 2. The zero-order chi connectivity index (χ0) is 17.4. The molecule has 0 aliphatic carbocycles. The average molecular weight is 329 g/mol. The molecule has 0 saturated heterocycles. The van der Waals surface area contributed by atoms with Crippen molar-refractivity contribution in [1.29, 1.82) is 0 Å². The molecule has 0 bridgehead atoms. The summed E-state index contributed by atoms with van der Waals surface area (Å²) < 4.78 is 5.17. The summed E-state index contributed by atoms with van der Waals surface area (Å²) in [6.07, 6.45) is 2.47. The van der Waals surface area contributed by atoms with Crippen LogP contribution in [0, 0.1) is 0 Å². The summed E-state index contributed by atoms with van der Waals surface area (Å²) in [5.41, 5.74) is 1.34. The van der Waals surface area contributed by atoms with Crippen LogP contribution in [-0.2, 0) is 11.3 Å². The normalized spacial score (nSPS) is 11.6. The van der Waals surface area contributed by atoms with Crippen LogP contribution in [0.4, 0.5) is 5.69 Å².